The van der Waals surface area contributed by atoms with Gasteiger partial charge in [0.15, 0.2) is 0 Å². The number of likely N-dealkylation sites (tertiary alicyclic amines) is 1. The molecule has 1 aliphatic heterocycles. The third-order valence-corrected chi connectivity index (χ3v) is 5.15. The Morgan fingerprint density at radius 1 is 1.29 bits per heavy atom. The van der Waals surface area contributed by atoms with Crippen LogP contribution in [0.25, 0.3) is 0 Å². The van der Waals surface area contributed by atoms with E-state index in [0.717, 1.165) is 32.2 Å². The Labute approximate surface area is 105 Å². The second kappa shape index (κ2) is 4.60. The van der Waals surface area contributed by atoms with E-state index in [1.807, 2.05) is 0 Å². The fourth-order valence-corrected chi connectivity index (χ4v) is 3.41. The quantitative estimate of drug-likeness (QED) is 0.761. The lowest BCUT2D eigenvalue weighted by Gasteiger charge is -2.43. The van der Waals surface area contributed by atoms with E-state index < -0.39 is 0 Å². The number of hydrogen-bond acceptors (Lipinski definition) is 2. The molecule has 3 nitrogen and oxygen atoms in total. The van der Waals surface area contributed by atoms with Gasteiger partial charge >= 0.3 is 0 Å². The van der Waals surface area contributed by atoms with Crippen LogP contribution >= 0.6 is 0 Å². The fourth-order valence-electron chi connectivity index (χ4n) is 3.41. The Hall–Kier alpha value is -0.570. The summed E-state index contributed by atoms with van der Waals surface area (Å²) < 4.78 is 0. The Morgan fingerprint density at radius 3 is 2.59 bits per heavy atom. The average molecular weight is 238 g/mol. The van der Waals surface area contributed by atoms with Crippen LogP contribution in [-0.4, -0.2) is 29.4 Å². The number of hydrogen-bond donors (Lipinski definition) is 1. The number of piperidine rings is 1. The van der Waals surface area contributed by atoms with Crippen LogP contribution in [0, 0.1) is 11.3 Å². The standard InChI is InChI=1S/C14H26N2O/c1-10-6-5-9-16(11(10)2)13(17)14(3)8-4-7-12(14)15/h10-12H,4-9,15H2,1-3H3. The summed E-state index contributed by atoms with van der Waals surface area (Å²) in [5.74, 6) is 0.926. The molecule has 2 rings (SSSR count). The summed E-state index contributed by atoms with van der Waals surface area (Å²) in [6.45, 7) is 7.43. The first-order valence-corrected chi connectivity index (χ1v) is 7.03. The fraction of sp³-hybridized carbons (Fsp3) is 0.929. The highest BCUT2D eigenvalue weighted by Gasteiger charge is 2.46. The highest BCUT2D eigenvalue weighted by Crippen LogP contribution is 2.40. The topological polar surface area (TPSA) is 46.3 Å². The van der Waals surface area contributed by atoms with Gasteiger partial charge in [0.25, 0.3) is 0 Å². The molecule has 1 amide bonds. The van der Waals surface area contributed by atoms with Gasteiger partial charge in [-0.3, -0.25) is 4.79 Å². The van der Waals surface area contributed by atoms with Gasteiger partial charge in [0.05, 0.1) is 5.41 Å². The first-order chi connectivity index (χ1) is 7.97. The molecule has 1 aliphatic carbocycles. The van der Waals surface area contributed by atoms with E-state index >= 15 is 0 Å². The predicted octanol–water partition coefficient (Wildman–Crippen LogP) is 2.15. The minimum Gasteiger partial charge on any atom is -0.339 e. The maximum atomic E-state index is 12.7. The molecule has 17 heavy (non-hydrogen) atoms. The number of carbonyl (C=O) groups is 1. The monoisotopic (exact) mass is 238 g/mol. The number of nitrogens with zero attached hydrogens (tertiary/aromatic N) is 1. The number of amides is 1. The molecule has 0 spiro atoms. The van der Waals surface area contributed by atoms with Gasteiger partial charge in [-0.2, -0.15) is 0 Å². The van der Waals surface area contributed by atoms with Crippen LogP contribution in [0.4, 0.5) is 0 Å². The minimum absolute atomic E-state index is 0.0550. The molecule has 1 saturated carbocycles. The van der Waals surface area contributed by atoms with Crippen molar-refractivity contribution in [3.8, 4) is 0 Å². The molecule has 2 fully saturated rings. The summed E-state index contributed by atoms with van der Waals surface area (Å²) in [7, 11) is 0. The van der Waals surface area contributed by atoms with Gasteiger partial charge in [-0.25, -0.2) is 0 Å². The third-order valence-electron chi connectivity index (χ3n) is 5.15. The molecule has 0 bridgehead atoms. The summed E-state index contributed by atoms with van der Waals surface area (Å²) in [5.41, 5.74) is 5.85. The molecule has 4 unspecified atom stereocenters. The number of nitrogens with two attached hydrogens (primary N) is 1. The van der Waals surface area contributed by atoms with Crippen LogP contribution in [0.2, 0.25) is 0 Å². The SMILES string of the molecule is CC1CCCN(C(=O)C2(C)CCCC2N)C1C. The van der Waals surface area contributed by atoms with Crippen molar-refractivity contribution in [2.24, 2.45) is 17.1 Å². The first-order valence-electron chi connectivity index (χ1n) is 7.03. The highest BCUT2D eigenvalue weighted by atomic mass is 16.2. The Kier molecular flexibility index (Phi) is 3.48. The first kappa shape index (κ1) is 12.9. The van der Waals surface area contributed by atoms with Gasteiger partial charge in [0.2, 0.25) is 5.91 Å². The van der Waals surface area contributed by atoms with E-state index in [4.69, 9.17) is 5.73 Å². The molecule has 0 aromatic heterocycles. The van der Waals surface area contributed by atoms with E-state index in [1.165, 1.54) is 6.42 Å². The van der Waals surface area contributed by atoms with Crippen molar-refractivity contribution in [3.05, 3.63) is 0 Å². The summed E-state index contributed by atoms with van der Waals surface area (Å²) >= 11 is 0. The van der Waals surface area contributed by atoms with Crippen molar-refractivity contribution in [2.75, 3.05) is 6.54 Å². The van der Waals surface area contributed by atoms with Crippen molar-refractivity contribution < 1.29 is 4.79 Å². The number of rotatable bonds is 1. The molecule has 1 saturated heterocycles. The van der Waals surface area contributed by atoms with Crippen LogP contribution in [0.3, 0.4) is 0 Å². The van der Waals surface area contributed by atoms with Crippen molar-refractivity contribution >= 4 is 5.91 Å². The molecular formula is C14H26N2O. The zero-order valence-electron chi connectivity index (χ0n) is 11.4. The van der Waals surface area contributed by atoms with Crippen LogP contribution in [0.5, 0.6) is 0 Å². The summed E-state index contributed by atoms with van der Waals surface area (Å²) in [6.07, 6.45) is 5.45. The lowest BCUT2D eigenvalue weighted by atomic mass is 9.81. The van der Waals surface area contributed by atoms with Gasteiger partial charge in [0.1, 0.15) is 0 Å². The van der Waals surface area contributed by atoms with Gasteiger partial charge in [-0.1, -0.05) is 13.3 Å². The molecular weight excluding hydrogens is 212 g/mol. The van der Waals surface area contributed by atoms with E-state index in [2.05, 4.69) is 25.7 Å². The van der Waals surface area contributed by atoms with E-state index in [1.54, 1.807) is 0 Å². The molecule has 0 aromatic carbocycles. The lowest BCUT2D eigenvalue weighted by Crippen LogP contribution is -2.55. The Bertz CT molecular complexity index is 305. The molecule has 2 aliphatic rings. The molecule has 3 heteroatoms. The normalized spacial score (nSPS) is 42.8. The van der Waals surface area contributed by atoms with Gasteiger partial charge in [0, 0.05) is 18.6 Å². The molecule has 1 heterocycles. The summed E-state index contributed by atoms with van der Waals surface area (Å²) in [6, 6.07) is 0.431. The second-order valence-corrected chi connectivity index (χ2v) is 6.27. The van der Waals surface area contributed by atoms with Crippen LogP contribution in [0.1, 0.15) is 52.9 Å². The van der Waals surface area contributed by atoms with Crippen molar-refractivity contribution in [3.63, 3.8) is 0 Å². The minimum atomic E-state index is -0.300. The van der Waals surface area contributed by atoms with E-state index in [0.29, 0.717) is 17.9 Å². The molecule has 2 N–H and O–H groups in total. The van der Waals surface area contributed by atoms with Crippen molar-refractivity contribution in [2.45, 2.75) is 65.0 Å². The largest absolute Gasteiger partial charge is 0.339 e. The zero-order chi connectivity index (χ0) is 12.6. The van der Waals surface area contributed by atoms with Crippen LogP contribution in [-0.2, 0) is 4.79 Å². The molecule has 98 valence electrons. The Morgan fingerprint density at radius 2 is 2.00 bits per heavy atom. The zero-order valence-corrected chi connectivity index (χ0v) is 11.4. The summed E-state index contributed by atoms with van der Waals surface area (Å²) in [5, 5.41) is 0. The summed E-state index contributed by atoms with van der Waals surface area (Å²) in [4.78, 5) is 14.8. The number of carbonyl (C=O) groups excluding carboxylic acids is 1. The van der Waals surface area contributed by atoms with Crippen molar-refractivity contribution in [1.82, 2.24) is 4.90 Å². The Balaban J connectivity index is 2.14. The second-order valence-electron chi connectivity index (χ2n) is 6.27. The molecule has 0 radical (unpaired) electrons. The highest BCUT2D eigenvalue weighted by molar-refractivity contribution is 5.84. The van der Waals surface area contributed by atoms with Gasteiger partial charge in [-0.05, 0) is 45.4 Å². The predicted molar refractivity (Wildman–Crippen MR) is 69.5 cm³/mol. The van der Waals surface area contributed by atoms with Crippen molar-refractivity contribution in [1.29, 1.82) is 0 Å². The van der Waals surface area contributed by atoms with Gasteiger partial charge in [-0.15, -0.1) is 0 Å². The smallest absolute Gasteiger partial charge is 0.230 e. The average Bonchev–Trinajstić information content (AvgIpc) is 2.64. The van der Waals surface area contributed by atoms with E-state index in [9.17, 15) is 4.79 Å². The van der Waals surface area contributed by atoms with Crippen LogP contribution in [0.15, 0.2) is 0 Å². The molecule has 0 aromatic rings. The maximum Gasteiger partial charge on any atom is 0.230 e. The third kappa shape index (κ3) is 2.10. The maximum absolute atomic E-state index is 12.7. The molecule has 4 atom stereocenters. The van der Waals surface area contributed by atoms with E-state index in [-0.39, 0.29) is 11.5 Å². The lowest BCUT2D eigenvalue weighted by molar-refractivity contribution is -0.146. The van der Waals surface area contributed by atoms with Crippen LogP contribution < -0.4 is 5.73 Å². The van der Waals surface area contributed by atoms with Gasteiger partial charge < -0.3 is 10.6 Å².